The number of hydrogen-bond donors (Lipinski definition) is 1. The van der Waals surface area contributed by atoms with Crippen molar-refractivity contribution >= 4 is 0 Å². The van der Waals surface area contributed by atoms with Gasteiger partial charge in [0.05, 0.1) is 6.54 Å². The van der Waals surface area contributed by atoms with E-state index < -0.39 is 0 Å². The van der Waals surface area contributed by atoms with Gasteiger partial charge in [-0.15, -0.1) is 0 Å². The zero-order chi connectivity index (χ0) is 9.10. The normalized spacial score (nSPS) is 10.2. The third kappa shape index (κ3) is 1.38. The van der Waals surface area contributed by atoms with Gasteiger partial charge in [-0.1, -0.05) is 0 Å². The van der Waals surface area contributed by atoms with Gasteiger partial charge < -0.3 is 5.73 Å². The van der Waals surface area contributed by atoms with E-state index in [0.29, 0.717) is 18.2 Å². The number of nitrogens with zero attached hydrogens (tertiary/aromatic N) is 5. The van der Waals surface area contributed by atoms with Gasteiger partial charge in [0.25, 0.3) is 0 Å². The van der Waals surface area contributed by atoms with Gasteiger partial charge in [0.2, 0.25) is 0 Å². The summed E-state index contributed by atoms with van der Waals surface area (Å²) < 4.78 is 1.58. The van der Waals surface area contributed by atoms with E-state index in [1.54, 1.807) is 16.9 Å². The summed E-state index contributed by atoms with van der Waals surface area (Å²) in [6, 6.07) is 1.74. The Morgan fingerprint density at radius 3 is 2.92 bits per heavy atom. The fourth-order valence-corrected chi connectivity index (χ4v) is 1.00. The standard InChI is InChI=1S/C7H8N6/c8-3-7-11-5-12-13(7)6-1-2-9-4-10-6/h1-2,4-5H,3,8H2. The molecule has 0 atom stereocenters. The Balaban J connectivity index is 2.47. The Labute approximate surface area is 74.5 Å². The highest BCUT2D eigenvalue weighted by Crippen LogP contribution is 2.01. The maximum atomic E-state index is 5.47. The summed E-state index contributed by atoms with van der Waals surface area (Å²) in [6.45, 7) is 0.337. The van der Waals surface area contributed by atoms with Gasteiger partial charge in [-0.05, 0) is 0 Å². The minimum Gasteiger partial charge on any atom is -0.324 e. The smallest absolute Gasteiger partial charge is 0.158 e. The monoisotopic (exact) mass is 176 g/mol. The molecular weight excluding hydrogens is 168 g/mol. The topological polar surface area (TPSA) is 82.5 Å². The summed E-state index contributed by atoms with van der Waals surface area (Å²) in [5, 5.41) is 3.99. The summed E-state index contributed by atoms with van der Waals surface area (Å²) >= 11 is 0. The lowest BCUT2D eigenvalue weighted by Crippen LogP contribution is -2.09. The van der Waals surface area contributed by atoms with E-state index in [1.165, 1.54) is 12.7 Å². The van der Waals surface area contributed by atoms with Crippen LogP contribution in [0.5, 0.6) is 0 Å². The van der Waals surface area contributed by atoms with Crippen LogP contribution in [0.3, 0.4) is 0 Å². The molecule has 0 unspecified atom stereocenters. The first kappa shape index (κ1) is 7.81. The van der Waals surface area contributed by atoms with Crippen molar-refractivity contribution in [2.45, 2.75) is 6.54 Å². The zero-order valence-corrected chi connectivity index (χ0v) is 6.83. The summed E-state index contributed by atoms with van der Waals surface area (Å²) in [5.41, 5.74) is 5.47. The van der Waals surface area contributed by atoms with E-state index in [9.17, 15) is 0 Å². The Morgan fingerprint density at radius 2 is 2.23 bits per heavy atom. The molecule has 0 aliphatic rings. The maximum absolute atomic E-state index is 5.47. The van der Waals surface area contributed by atoms with Crippen molar-refractivity contribution < 1.29 is 0 Å². The molecule has 2 N–H and O–H groups in total. The van der Waals surface area contributed by atoms with Gasteiger partial charge in [0.15, 0.2) is 5.82 Å². The van der Waals surface area contributed by atoms with E-state index in [4.69, 9.17) is 5.73 Å². The molecule has 0 aliphatic heterocycles. The molecule has 0 aliphatic carbocycles. The van der Waals surface area contributed by atoms with Crippen LogP contribution < -0.4 is 5.73 Å². The van der Waals surface area contributed by atoms with Crippen LogP contribution in [0, 0.1) is 0 Å². The molecule has 0 saturated heterocycles. The average molecular weight is 176 g/mol. The zero-order valence-electron chi connectivity index (χ0n) is 6.83. The van der Waals surface area contributed by atoms with Crippen LogP contribution >= 0.6 is 0 Å². The molecule has 0 bridgehead atoms. The molecule has 0 radical (unpaired) electrons. The van der Waals surface area contributed by atoms with E-state index >= 15 is 0 Å². The molecule has 2 heterocycles. The minimum absolute atomic E-state index is 0.337. The van der Waals surface area contributed by atoms with Gasteiger partial charge in [-0.2, -0.15) is 9.78 Å². The molecule has 0 fully saturated rings. The van der Waals surface area contributed by atoms with E-state index in [2.05, 4.69) is 20.1 Å². The van der Waals surface area contributed by atoms with Crippen molar-refractivity contribution in [3.05, 3.63) is 30.7 Å². The van der Waals surface area contributed by atoms with Crippen molar-refractivity contribution in [2.24, 2.45) is 5.73 Å². The molecule has 13 heavy (non-hydrogen) atoms. The molecule has 6 nitrogen and oxygen atoms in total. The first-order valence-electron chi connectivity index (χ1n) is 3.77. The Bertz CT molecular complexity index is 381. The number of rotatable bonds is 2. The SMILES string of the molecule is NCc1ncnn1-c1ccncn1. The first-order chi connectivity index (χ1) is 6.42. The van der Waals surface area contributed by atoms with Gasteiger partial charge in [0.1, 0.15) is 18.5 Å². The van der Waals surface area contributed by atoms with Crippen LogP contribution in [0.1, 0.15) is 5.82 Å². The molecule has 2 aromatic heterocycles. The molecule has 0 saturated carbocycles. The van der Waals surface area contributed by atoms with Crippen LogP contribution in [0.2, 0.25) is 0 Å². The van der Waals surface area contributed by atoms with Crippen LogP contribution in [0.4, 0.5) is 0 Å². The molecule has 66 valence electrons. The fraction of sp³-hybridized carbons (Fsp3) is 0.143. The van der Waals surface area contributed by atoms with Crippen LogP contribution in [0.15, 0.2) is 24.9 Å². The fourth-order valence-electron chi connectivity index (χ4n) is 1.00. The lowest BCUT2D eigenvalue weighted by atomic mass is 10.5. The van der Waals surface area contributed by atoms with E-state index in [0.717, 1.165) is 0 Å². The Morgan fingerprint density at radius 1 is 1.31 bits per heavy atom. The summed E-state index contributed by atoms with van der Waals surface area (Å²) in [5.74, 6) is 1.35. The second kappa shape index (κ2) is 3.28. The molecule has 2 aromatic rings. The minimum atomic E-state index is 0.337. The quantitative estimate of drug-likeness (QED) is 0.668. The van der Waals surface area contributed by atoms with Gasteiger partial charge in [0, 0.05) is 12.3 Å². The highest BCUT2D eigenvalue weighted by molar-refractivity contribution is 5.18. The first-order valence-corrected chi connectivity index (χ1v) is 3.77. The largest absolute Gasteiger partial charge is 0.324 e. The maximum Gasteiger partial charge on any atom is 0.158 e. The molecular formula is C7H8N6. The summed E-state index contributed by atoms with van der Waals surface area (Å²) in [7, 11) is 0. The van der Waals surface area contributed by atoms with Gasteiger partial charge in [-0.3, -0.25) is 0 Å². The lowest BCUT2D eigenvalue weighted by molar-refractivity contribution is 0.765. The van der Waals surface area contributed by atoms with Gasteiger partial charge >= 0.3 is 0 Å². The second-order valence-corrected chi connectivity index (χ2v) is 2.36. The second-order valence-electron chi connectivity index (χ2n) is 2.36. The summed E-state index contributed by atoms with van der Waals surface area (Å²) in [6.07, 6.45) is 4.55. The molecule has 0 spiro atoms. The van der Waals surface area contributed by atoms with Crippen molar-refractivity contribution in [1.82, 2.24) is 24.7 Å². The van der Waals surface area contributed by atoms with Crippen molar-refractivity contribution in [2.75, 3.05) is 0 Å². The van der Waals surface area contributed by atoms with Gasteiger partial charge in [-0.25, -0.2) is 15.0 Å². The molecule has 6 heteroatoms. The molecule has 0 aromatic carbocycles. The van der Waals surface area contributed by atoms with E-state index in [1.807, 2.05) is 0 Å². The Kier molecular flexibility index (Phi) is 1.97. The van der Waals surface area contributed by atoms with Crippen molar-refractivity contribution in [1.29, 1.82) is 0 Å². The predicted molar refractivity (Wildman–Crippen MR) is 44.8 cm³/mol. The van der Waals surface area contributed by atoms with Crippen molar-refractivity contribution in [3.8, 4) is 5.82 Å². The average Bonchev–Trinajstić information content (AvgIpc) is 2.67. The molecule has 2 rings (SSSR count). The third-order valence-electron chi connectivity index (χ3n) is 1.58. The predicted octanol–water partition coefficient (Wildman–Crippen LogP) is -0.484. The highest BCUT2D eigenvalue weighted by atomic mass is 15.4. The van der Waals surface area contributed by atoms with Crippen LogP contribution in [-0.4, -0.2) is 24.7 Å². The molecule has 0 amide bonds. The lowest BCUT2D eigenvalue weighted by Gasteiger charge is -2.00. The van der Waals surface area contributed by atoms with Crippen LogP contribution in [0.25, 0.3) is 5.82 Å². The van der Waals surface area contributed by atoms with Crippen LogP contribution in [-0.2, 0) is 6.54 Å². The van der Waals surface area contributed by atoms with E-state index in [-0.39, 0.29) is 0 Å². The Hall–Kier alpha value is -1.82. The third-order valence-corrected chi connectivity index (χ3v) is 1.58. The number of nitrogens with two attached hydrogens (primary N) is 1. The highest BCUT2D eigenvalue weighted by Gasteiger charge is 2.04. The summed E-state index contributed by atoms with van der Waals surface area (Å²) in [4.78, 5) is 11.8. The number of hydrogen-bond acceptors (Lipinski definition) is 5. The number of aromatic nitrogens is 5. The van der Waals surface area contributed by atoms with Crippen molar-refractivity contribution in [3.63, 3.8) is 0 Å².